The molecular weight excluding hydrogens is 347 g/mol. The summed E-state index contributed by atoms with van der Waals surface area (Å²) in [5.41, 5.74) is 1.87. The zero-order valence-electron chi connectivity index (χ0n) is 12.0. The van der Waals surface area contributed by atoms with E-state index in [1.807, 2.05) is 0 Å². The summed E-state index contributed by atoms with van der Waals surface area (Å²) in [5, 5.41) is 29.3. The number of hydrogen-bond donors (Lipinski definition) is 5. The molecule has 2 amide bonds. The fraction of sp³-hybridized carbons (Fsp3) is 0.167. The number of aliphatic hydroxyl groups excluding tert-OH is 1. The third-order valence-electron chi connectivity index (χ3n) is 2.59. The number of aliphatic imine (C=N–C) groups is 1. The van der Waals surface area contributed by atoms with Crippen LogP contribution in [-0.2, 0) is 0 Å². The van der Waals surface area contributed by atoms with Crippen molar-refractivity contribution in [3.63, 3.8) is 0 Å². The first-order valence-electron chi connectivity index (χ1n) is 6.47. The van der Waals surface area contributed by atoms with Crippen LogP contribution < -0.4 is 16.1 Å². The standard InChI is InChI=1S/C12H12ClFN6O4/c13-7-5-6(1-2-8(7)14)16-10(18-23)9-11(20-24-19-9)17-12(22)15-3-4-21/h1-2,5,21,23H,3-4H2,(H,16,18)(H2,15,17,20,22). The highest BCUT2D eigenvalue weighted by Crippen LogP contribution is 2.22. The van der Waals surface area contributed by atoms with E-state index >= 15 is 0 Å². The molecule has 2 rings (SSSR count). The van der Waals surface area contributed by atoms with Crippen LogP contribution in [0, 0.1) is 5.82 Å². The molecule has 1 aromatic carbocycles. The van der Waals surface area contributed by atoms with Crippen LogP contribution in [0.1, 0.15) is 5.69 Å². The molecule has 0 radical (unpaired) electrons. The molecule has 24 heavy (non-hydrogen) atoms. The molecule has 0 aliphatic heterocycles. The lowest BCUT2D eigenvalue weighted by Crippen LogP contribution is -2.32. The lowest BCUT2D eigenvalue weighted by molar-refractivity contribution is 0.234. The maximum Gasteiger partial charge on any atom is 0.320 e. The predicted octanol–water partition coefficient (Wildman–Crippen LogP) is 1.03. The quantitative estimate of drug-likeness (QED) is 0.305. The Bertz CT molecular complexity index is 753. The van der Waals surface area contributed by atoms with E-state index in [0.29, 0.717) is 0 Å². The monoisotopic (exact) mass is 358 g/mol. The molecule has 0 bridgehead atoms. The highest BCUT2D eigenvalue weighted by Gasteiger charge is 2.18. The van der Waals surface area contributed by atoms with Gasteiger partial charge in [0.05, 0.1) is 17.3 Å². The average molecular weight is 359 g/mol. The molecule has 0 atom stereocenters. The number of nitrogens with one attached hydrogen (secondary N) is 3. The van der Waals surface area contributed by atoms with E-state index in [9.17, 15) is 14.4 Å². The fourth-order valence-electron chi connectivity index (χ4n) is 1.56. The number of hydroxylamine groups is 1. The number of rotatable bonds is 5. The number of aliphatic hydroxyl groups is 1. The first-order valence-corrected chi connectivity index (χ1v) is 6.85. The minimum Gasteiger partial charge on any atom is -0.395 e. The third kappa shape index (κ3) is 4.38. The van der Waals surface area contributed by atoms with Gasteiger partial charge in [-0.2, -0.15) is 0 Å². The second-order valence-electron chi connectivity index (χ2n) is 4.24. The molecule has 0 fully saturated rings. The summed E-state index contributed by atoms with van der Waals surface area (Å²) < 4.78 is 17.7. The number of nitrogens with zero attached hydrogens (tertiary/aromatic N) is 3. The summed E-state index contributed by atoms with van der Waals surface area (Å²) in [7, 11) is 0. The number of halogens is 2. The van der Waals surface area contributed by atoms with Crippen LogP contribution in [-0.4, -0.2) is 45.6 Å². The van der Waals surface area contributed by atoms with Gasteiger partial charge in [-0.1, -0.05) is 11.6 Å². The van der Waals surface area contributed by atoms with Crippen LogP contribution in [0.4, 0.5) is 20.7 Å². The van der Waals surface area contributed by atoms with Crippen LogP contribution in [0.25, 0.3) is 0 Å². The largest absolute Gasteiger partial charge is 0.395 e. The van der Waals surface area contributed by atoms with Crippen molar-refractivity contribution >= 4 is 35.0 Å². The van der Waals surface area contributed by atoms with Gasteiger partial charge in [-0.05, 0) is 28.5 Å². The van der Waals surface area contributed by atoms with Gasteiger partial charge in [-0.3, -0.25) is 16.0 Å². The Hall–Kier alpha value is -2.76. The Balaban J connectivity index is 2.24. The van der Waals surface area contributed by atoms with Gasteiger partial charge in [0.15, 0.2) is 11.5 Å². The Morgan fingerprint density at radius 2 is 2.21 bits per heavy atom. The Morgan fingerprint density at radius 1 is 1.42 bits per heavy atom. The molecule has 0 spiro atoms. The van der Waals surface area contributed by atoms with Crippen LogP contribution in [0.15, 0.2) is 27.8 Å². The first-order chi connectivity index (χ1) is 11.5. The summed E-state index contributed by atoms with van der Waals surface area (Å²) in [6.07, 6.45) is 0. The van der Waals surface area contributed by atoms with Gasteiger partial charge < -0.3 is 10.4 Å². The van der Waals surface area contributed by atoms with Gasteiger partial charge >= 0.3 is 6.03 Å². The molecule has 0 saturated carbocycles. The number of hydrogen-bond acceptors (Lipinski definition) is 7. The number of urea groups is 1. The minimum absolute atomic E-state index is 0.0275. The van der Waals surface area contributed by atoms with Gasteiger partial charge in [-0.15, -0.1) is 0 Å². The molecule has 0 aliphatic carbocycles. The van der Waals surface area contributed by atoms with Crippen molar-refractivity contribution in [2.75, 3.05) is 18.5 Å². The van der Waals surface area contributed by atoms with E-state index in [1.54, 1.807) is 5.48 Å². The number of carbonyl (C=O) groups is 1. The van der Waals surface area contributed by atoms with Crippen LogP contribution in [0.5, 0.6) is 0 Å². The van der Waals surface area contributed by atoms with Gasteiger partial charge in [0.2, 0.25) is 5.82 Å². The first kappa shape index (κ1) is 17.6. The van der Waals surface area contributed by atoms with Crippen molar-refractivity contribution in [2.45, 2.75) is 0 Å². The molecule has 0 aliphatic rings. The van der Waals surface area contributed by atoms with E-state index in [2.05, 4.69) is 30.6 Å². The van der Waals surface area contributed by atoms with E-state index in [4.69, 9.17) is 16.7 Å². The van der Waals surface area contributed by atoms with Crippen LogP contribution in [0.3, 0.4) is 0 Å². The lowest BCUT2D eigenvalue weighted by atomic mass is 10.3. The van der Waals surface area contributed by atoms with Crippen LogP contribution >= 0.6 is 11.6 Å². The summed E-state index contributed by atoms with van der Waals surface area (Å²) in [4.78, 5) is 15.5. The predicted molar refractivity (Wildman–Crippen MR) is 80.9 cm³/mol. The fourth-order valence-corrected chi connectivity index (χ4v) is 1.74. The third-order valence-corrected chi connectivity index (χ3v) is 2.88. The minimum atomic E-state index is -0.678. The Labute approximate surface area is 139 Å². The lowest BCUT2D eigenvalue weighted by Gasteiger charge is -2.06. The molecule has 1 heterocycles. The van der Waals surface area contributed by atoms with Gasteiger partial charge in [0, 0.05) is 6.54 Å². The van der Waals surface area contributed by atoms with E-state index in [0.717, 1.165) is 6.07 Å². The number of carbonyl (C=O) groups excluding carboxylic acids is 1. The second-order valence-corrected chi connectivity index (χ2v) is 4.64. The molecule has 1 aromatic heterocycles. The topological polar surface area (TPSA) is 145 Å². The van der Waals surface area contributed by atoms with Crippen molar-refractivity contribution in [3.05, 3.63) is 34.7 Å². The van der Waals surface area contributed by atoms with Crippen molar-refractivity contribution in [2.24, 2.45) is 4.99 Å². The summed E-state index contributed by atoms with van der Waals surface area (Å²) in [6.45, 7) is -0.215. The van der Waals surface area contributed by atoms with Gasteiger partial charge in [0.25, 0.3) is 0 Å². The van der Waals surface area contributed by atoms with Crippen LogP contribution in [0.2, 0.25) is 5.02 Å². The molecule has 0 saturated heterocycles. The van der Waals surface area contributed by atoms with E-state index in [-0.39, 0.29) is 41.2 Å². The smallest absolute Gasteiger partial charge is 0.320 e. The number of amides is 2. The van der Waals surface area contributed by atoms with Gasteiger partial charge in [0.1, 0.15) is 5.82 Å². The van der Waals surface area contributed by atoms with Crippen molar-refractivity contribution in [1.82, 2.24) is 21.1 Å². The summed E-state index contributed by atoms with van der Waals surface area (Å²) in [5.74, 6) is -0.990. The molecule has 0 unspecified atom stereocenters. The van der Waals surface area contributed by atoms with E-state index in [1.165, 1.54) is 12.1 Å². The van der Waals surface area contributed by atoms with Crippen molar-refractivity contribution < 1.29 is 24.1 Å². The van der Waals surface area contributed by atoms with Gasteiger partial charge in [-0.25, -0.2) is 18.8 Å². The van der Waals surface area contributed by atoms with E-state index < -0.39 is 11.8 Å². The highest BCUT2D eigenvalue weighted by molar-refractivity contribution is 6.31. The molecule has 5 N–H and O–H groups in total. The van der Waals surface area contributed by atoms with Crippen molar-refractivity contribution in [1.29, 1.82) is 0 Å². The number of amidine groups is 1. The molecule has 10 nitrogen and oxygen atoms in total. The second kappa shape index (κ2) is 8.19. The average Bonchev–Trinajstić information content (AvgIpc) is 3.01. The highest BCUT2D eigenvalue weighted by atomic mass is 35.5. The maximum atomic E-state index is 13.1. The molecule has 128 valence electrons. The number of aromatic nitrogens is 2. The number of anilines is 1. The zero-order chi connectivity index (χ0) is 17.5. The molecule has 2 aromatic rings. The SMILES string of the molecule is O=C(NCCO)Nc1nonc1C(=Nc1ccc(F)c(Cl)c1)NO. The summed E-state index contributed by atoms with van der Waals surface area (Å²) >= 11 is 5.65. The molecule has 12 heteroatoms. The Kier molecular flexibility index (Phi) is 6.01. The van der Waals surface area contributed by atoms with Crippen molar-refractivity contribution in [3.8, 4) is 0 Å². The zero-order valence-corrected chi connectivity index (χ0v) is 12.7. The number of benzene rings is 1. The normalized spacial score (nSPS) is 11.2. The Morgan fingerprint density at radius 3 is 2.88 bits per heavy atom. The summed E-state index contributed by atoms with van der Waals surface area (Å²) in [6, 6.07) is 2.96. The maximum absolute atomic E-state index is 13.1. The molecular formula is C12H12ClFN6O4.